The van der Waals surface area contributed by atoms with Crippen molar-refractivity contribution in [1.82, 2.24) is 4.90 Å². The van der Waals surface area contributed by atoms with Crippen LogP contribution in [-0.2, 0) is 11.2 Å². The Kier molecular flexibility index (Phi) is 4.81. The van der Waals surface area contributed by atoms with E-state index in [0.717, 1.165) is 24.7 Å². The van der Waals surface area contributed by atoms with Gasteiger partial charge >= 0.3 is 0 Å². The summed E-state index contributed by atoms with van der Waals surface area (Å²) in [6, 6.07) is 7.52. The molecule has 140 valence electrons. The average molecular weight is 353 g/mol. The Morgan fingerprint density at radius 1 is 1.19 bits per heavy atom. The first-order chi connectivity index (χ1) is 12.6. The van der Waals surface area contributed by atoms with Crippen molar-refractivity contribution in [3.8, 4) is 0 Å². The topological polar surface area (TPSA) is 23.6 Å². The first-order valence-electron chi connectivity index (χ1n) is 10.3. The summed E-state index contributed by atoms with van der Waals surface area (Å²) in [5, 5.41) is 0. The Morgan fingerprint density at radius 3 is 2.46 bits per heavy atom. The number of carbonyl (C=O) groups excluding carboxylic acids is 1. The van der Waals surface area contributed by atoms with Crippen molar-refractivity contribution >= 4 is 11.6 Å². The van der Waals surface area contributed by atoms with Gasteiger partial charge in [0, 0.05) is 31.2 Å². The molecule has 2 saturated carbocycles. The van der Waals surface area contributed by atoms with Crippen molar-refractivity contribution in [3.63, 3.8) is 0 Å². The smallest absolute Gasteiger partial charge is 0.223 e. The summed E-state index contributed by atoms with van der Waals surface area (Å²) in [5.41, 5.74) is 3.86. The predicted octanol–water partition coefficient (Wildman–Crippen LogP) is 4.69. The van der Waals surface area contributed by atoms with Crippen LogP contribution in [0.15, 0.2) is 31.0 Å². The molecule has 0 spiro atoms. The fraction of sp³-hybridized carbons (Fsp3) is 0.609. The molecule has 3 heteroatoms. The fourth-order valence-electron chi connectivity index (χ4n) is 5.93. The Morgan fingerprint density at radius 2 is 1.85 bits per heavy atom. The molecule has 1 aromatic rings. The number of nitrogens with zero attached hydrogens (tertiary/aromatic N) is 2. The van der Waals surface area contributed by atoms with Gasteiger partial charge in [0.15, 0.2) is 0 Å². The zero-order chi connectivity index (χ0) is 18.3. The summed E-state index contributed by atoms with van der Waals surface area (Å²) in [6.07, 6.45) is 10.9. The van der Waals surface area contributed by atoms with E-state index in [2.05, 4.69) is 41.5 Å². The van der Waals surface area contributed by atoms with E-state index >= 15 is 0 Å². The van der Waals surface area contributed by atoms with Crippen LogP contribution in [0.4, 0.5) is 5.69 Å². The number of benzene rings is 1. The zero-order valence-electron chi connectivity index (χ0n) is 16.3. The van der Waals surface area contributed by atoms with E-state index in [1.165, 1.54) is 48.9 Å². The number of amides is 1. The molecule has 3 nitrogen and oxygen atoms in total. The highest BCUT2D eigenvalue weighted by molar-refractivity contribution is 5.77. The number of anilines is 1. The van der Waals surface area contributed by atoms with E-state index in [0.29, 0.717) is 24.4 Å². The molecule has 1 amide bonds. The lowest BCUT2D eigenvalue weighted by Crippen LogP contribution is -2.59. The van der Waals surface area contributed by atoms with Crippen molar-refractivity contribution < 1.29 is 4.79 Å². The van der Waals surface area contributed by atoms with Crippen LogP contribution in [0.1, 0.15) is 56.1 Å². The summed E-state index contributed by atoms with van der Waals surface area (Å²) in [4.78, 5) is 17.4. The number of rotatable bonds is 6. The maximum Gasteiger partial charge on any atom is 0.223 e. The lowest BCUT2D eigenvalue weighted by atomic mass is 9.63. The van der Waals surface area contributed by atoms with Gasteiger partial charge in [-0.05, 0) is 87.1 Å². The highest BCUT2D eigenvalue weighted by Gasteiger charge is 2.48. The molecule has 2 aliphatic heterocycles. The van der Waals surface area contributed by atoms with E-state index in [-0.39, 0.29) is 0 Å². The Hall–Kier alpha value is -1.77. The second-order valence-electron chi connectivity index (χ2n) is 8.74. The molecule has 2 saturated heterocycles. The van der Waals surface area contributed by atoms with Crippen LogP contribution >= 0.6 is 0 Å². The maximum absolute atomic E-state index is 13.0. The molecule has 2 heterocycles. The van der Waals surface area contributed by atoms with Crippen LogP contribution in [0.3, 0.4) is 0 Å². The number of piperidine rings is 2. The molecule has 0 atom stereocenters. The maximum atomic E-state index is 13.0. The van der Waals surface area contributed by atoms with Gasteiger partial charge in [-0.2, -0.15) is 0 Å². The lowest BCUT2D eigenvalue weighted by Gasteiger charge is -2.56. The molecule has 0 radical (unpaired) electrons. The third-order valence-corrected chi connectivity index (χ3v) is 7.02. The molecule has 26 heavy (non-hydrogen) atoms. The number of hydrogen-bond acceptors (Lipinski definition) is 2. The minimum atomic E-state index is 0.408. The van der Waals surface area contributed by atoms with Crippen molar-refractivity contribution in [2.24, 2.45) is 11.8 Å². The van der Waals surface area contributed by atoms with Gasteiger partial charge < -0.3 is 9.80 Å². The van der Waals surface area contributed by atoms with Crippen LogP contribution in [0.25, 0.3) is 0 Å². The fourth-order valence-corrected chi connectivity index (χ4v) is 5.93. The summed E-state index contributed by atoms with van der Waals surface area (Å²) < 4.78 is 0. The molecule has 4 aliphatic rings. The summed E-state index contributed by atoms with van der Waals surface area (Å²) in [6.45, 7) is 6.05. The molecular formula is C23H32N2O. The van der Waals surface area contributed by atoms with E-state index < -0.39 is 0 Å². The first kappa shape index (κ1) is 17.6. The molecule has 0 N–H and O–H groups in total. The summed E-state index contributed by atoms with van der Waals surface area (Å²) >= 11 is 0. The van der Waals surface area contributed by atoms with Gasteiger partial charge in [-0.15, -0.1) is 0 Å². The van der Waals surface area contributed by atoms with Gasteiger partial charge in [0.2, 0.25) is 5.91 Å². The van der Waals surface area contributed by atoms with Crippen molar-refractivity contribution in [1.29, 1.82) is 0 Å². The monoisotopic (exact) mass is 352 g/mol. The van der Waals surface area contributed by atoms with Crippen LogP contribution in [0, 0.1) is 18.8 Å². The van der Waals surface area contributed by atoms with Crippen LogP contribution in [-0.4, -0.2) is 29.9 Å². The van der Waals surface area contributed by atoms with Crippen LogP contribution in [0.5, 0.6) is 0 Å². The second kappa shape index (κ2) is 7.09. The SMILES string of the molecule is C=CN(C)c1cccc(C)c1CCCC(=O)N1C2CC3CC(C2)CC1C3. The van der Waals surface area contributed by atoms with E-state index in [4.69, 9.17) is 0 Å². The normalized spacial score (nSPS) is 29.1. The molecule has 0 unspecified atom stereocenters. The Balaban J connectivity index is 1.38. The van der Waals surface area contributed by atoms with Crippen LogP contribution < -0.4 is 4.90 Å². The van der Waals surface area contributed by atoms with Gasteiger partial charge in [0.05, 0.1) is 0 Å². The Labute approximate surface area is 158 Å². The van der Waals surface area contributed by atoms with Gasteiger partial charge in [-0.3, -0.25) is 4.79 Å². The second-order valence-corrected chi connectivity index (χ2v) is 8.74. The zero-order valence-corrected chi connectivity index (χ0v) is 16.3. The first-order valence-corrected chi connectivity index (χ1v) is 10.3. The molecule has 2 aliphatic carbocycles. The quantitative estimate of drug-likeness (QED) is 0.742. The Bertz CT molecular complexity index is 667. The highest BCUT2D eigenvalue weighted by Crippen LogP contribution is 2.49. The van der Waals surface area contributed by atoms with E-state index in [1.54, 1.807) is 0 Å². The van der Waals surface area contributed by atoms with Gasteiger partial charge in [-0.1, -0.05) is 18.7 Å². The third-order valence-electron chi connectivity index (χ3n) is 7.02. The predicted molar refractivity (Wildman–Crippen MR) is 107 cm³/mol. The van der Waals surface area contributed by atoms with E-state index in [9.17, 15) is 4.79 Å². The van der Waals surface area contributed by atoms with Crippen molar-refractivity contribution in [2.45, 2.75) is 70.4 Å². The summed E-state index contributed by atoms with van der Waals surface area (Å²) in [5.74, 6) is 2.22. The molecule has 4 bridgehead atoms. The molecule has 1 aromatic carbocycles. The van der Waals surface area contributed by atoms with Gasteiger partial charge in [-0.25, -0.2) is 0 Å². The van der Waals surface area contributed by atoms with Gasteiger partial charge in [0.25, 0.3) is 0 Å². The number of carbonyl (C=O) groups is 1. The molecule has 0 aromatic heterocycles. The molecular weight excluding hydrogens is 320 g/mol. The minimum Gasteiger partial charge on any atom is -0.351 e. The van der Waals surface area contributed by atoms with Crippen LogP contribution in [0.2, 0.25) is 0 Å². The molecule has 5 rings (SSSR count). The number of aryl methyl sites for hydroxylation is 1. The average Bonchev–Trinajstić information content (AvgIpc) is 2.61. The highest BCUT2D eigenvalue weighted by atomic mass is 16.2. The molecule has 4 fully saturated rings. The third kappa shape index (κ3) is 3.17. The lowest BCUT2D eigenvalue weighted by molar-refractivity contribution is -0.149. The largest absolute Gasteiger partial charge is 0.351 e. The summed E-state index contributed by atoms with van der Waals surface area (Å²) in [7, 11) is 2.04. The van der Waals surface area contributed by atoms with E-state index in [1.807, 2.05) is 13.2 Å². The number of hydrogen-bond donors (Lipinski definition) is 0. The van der Waals surface area contributed by atoms with Crippen molar-refractivity contribution in [3.05, 3.63) is 42.1 Å². The van der Waals surface area contributed by atoms with Crippen molar-refractivity contribution in [2.75, 3.05) is 11.9 Å². The van der Waals surface area contributed by atoms with Gasteiger partial charge in [0.1, 0.15) is 0 Å². The standard InChI is InChI=1S/C23H32N2O/c1-4-24(3)22-9-5-7-16(2)21(22)8-6-10-23(26)25-19-12-17-11-18(14-19)15-20(25)13-17/h4-5,7,9,17-20H,1,6,8,10-15H2,2-3H3. The minimum absolute atomic E-state index is 0.408.